The van der Waals surface area contributed by atoms with E-state index in [4.69, 9.17) is 0 Å². The van der Waals surface area contributed by atoms with E-state index in [0.29, 0.717) is 5.69 Å². The zero-order valence-corrected chi connectivity index (χ0v) is 10.4. The van der Waals surface area contributed by atoms with Crippen molar-refractivity contribution in [1.29, 1.82) is 0 Å². The van der Waals surface area contributed by atoms with Gasteiger partial charge < -0.3 is 5.32 Å². The molecule has 0 aliphatic rings. The zero-order chi connectivity index (χ0) is 11.4. The Morgan fingerprint density at radius 2 is 2.33 bits per heavy atom. The summed E-state index contributed by atoms with van der Waals surface area (Å²) >= 11 is 2.05. The summed E-state index contributed by atoms with van der Waals surface area (Å²) in [6.07, 6.45) is 1.70. The summed E-state index contributed by atoms with van der Waals surface area (Å²) < 4.78 is 0.844. The summed E-state index contributed by atoms with van der Waals surface area (Å²) in [7, 11) is 0. The van der Waals surface area contributed by atoms with E-state index in [9.17, 15) is 10.1 Å². The molecule has 0 saturated carbocycles. The molecule has 0 radical (unpaired) electrons. The molecular weight excluding hydrogens is 307 g/mol. The summed E-state index contributed by atoms with van der Waals surface area (Å²) in [5, 5.41) is 13.8. The third-order valence-corrected chi connectivity index (χ3v) is 2.56. The van der Waals surface area contributed by atoms with Gasteiger partial charge in [0.25, 0.3) is 5.69 Å². The maximum atomic E-state index is 10.8. The van der Waals surface area contributed by atoms with Gasteiger partial charge in [0.2, 0.25) is 0 Å². The second kappa shape index (κ2) is 5.11. The number of hydrogen-bond acceptors (Lipinski definition) is 3. The summed E-state index contributed by atoms with van der Waals surface area (Å²) in [6.45, 7) is 5.50. The van der Waals surface area contributed by atoms with E-state index < -0.39 is 0 Å². The average Bonchev–Trinajstić information content (AvgIpc) is 2.20. The molecule has 1 rings (SSSR count). The van der Waals surface area contributed by atoms with Crippen LogP contribution in [-0.2, 0) is 0 Å². The van der Waals surface area contributed by atoms with Crippen LogP contribution < -0.4 is 5.32 Å². The van der Waals surface area contributed by atoms with E-state index in [1.807, 2.05) is 35.6 Å². The van der Waals surface area contributed by atoms with Crippen LogP contribution in [0.15, 0.2) is 30.9 Å². The van der Waals surface area contributed by atoms with Gasteiger partial charge in [0, 0.05) is 15.7 Å². The van der Waals surface area contributed by atoms with Crippen LogP contribution in [0.25, 0.3) is 0 Å². The fourth-order valence-corrected chi connectivity index (χ4v) is 1.56. The molecule has 1 aromatic rings. The Labute approximate surface area is 102 Å². The number of nitro groups is 1. The smallest absolute Gasteiger partial charge is 0.293 e. The van der Waals surface area contributed by atoms with Gasteiger partial charge in [0.15, 0.2) is 0 Å². The first-order valence-corrected chi connectivity index (χ1v) is 5.45. The Hall–Kier alpha value is -1.11. The van der Waals surface area contributed by atoms with Gasteiger partial charge in [-0.3, -0.25) is 10.1 Å². The molecule has 1 aromatic carbocycles. The Morgan fingerprint density at radius 3 is 2.87 bits per heavy atom. The second-order valence-electron chi connectivity index (χ2n) is 3.09. The van der Waals surface area contributed by atoms with Crippen LogP contribution in [0.3, 0.4) is 0 Å². The van der Waals surface area contributed by atoms with Crippen LogP contribution in [0.2, 0.25) is 0 Å². The predicted molar refractivity (Wildman–Crippen MR) is 69.1 cm³/mol. The molecule has 0 saturated heterocycles. The van der Waals surface area contributed by atoms with Crippen molar-refractivity contribution in [2.75, 3.05) is 5.32 Å². The van der Waals surface area contributed by atoms with E-state index in [1.54, 1.807) is 18.2 Å². The first-order chi connectivity index (χ1) is 7.04. The molecule has 0 fully saturated rings. The SMILES string of the molecule is C=CC(C)Nc1ccc(I)cc1[N+](=O)[O-]. The summed E-state index contributed by atoms with van der Waals surface area (Å²) in [6, 6.07) is 5.08. The molecule has 0 amide bonds. The van der Waals surface area contributed by atoms with Gasteiger partial charge in [0.05, 0.1) is 4.92 Å². The number of hydrogen-bond donors (Lipinski definition) is 1. The van der Waals surface area contributed by atoms with Crippen LogP contribution in [0.5, 0.6) is 0 Å². The number of nitrogens with zero attached hydrogens (tertiary/aromatic N) is 1. The Morgan fingerprint density at radius 1 is 1.67 bits per heavy atom. The number of benzene rings is 1. The van der Waals surface area contributed by atoms with Crippen molar-refractivity contribution in [3.05, 3.63) is 44.5 Å². The molecule has 0 aromatic heterocycles. The van der Waals surface area contributed by atoms with Gasteiger partial charge in [0.1, 0.15) is 5.69 Å². The lowest BCUT2D eigenvalue weighted by atomic mass is 10.2. The fourth-order valence-electron chi connectivity index (χ4n) is 1.08. The van der Waals surface area contributed by atoms with E-state index in [-0.39, 0.29) is 16.7 Å². The second-order valence-corrected chi connectivity index (χ2v) is 4.33. The summed E-state index contributed by atoms with van der Waals surface area (Å²) in [5.41, 5.74) is 0.614. The normalized spacial score (nSPS) is 11.9. The number of nitrogens with one attached hydrogen (secondary N) is 1. The monoisotopic (exact) mass is 318 g/mol. The molecule has 0 heterocycles. The highest BCUT2D eigenvalue weighted by molar-refractivity contribution is 14.1. The molecule has 0 spiro atoms. The average molecular weight is 318 g/mol. The van der Waals surface area contributed by atoms with Crippen LogP contribution in [0, 0.1) is 13.7 Å². The van der Waals surface area contributed by atoms with Crippen molar-refractivity contribution in [2.24, 2.45) is 0 Å². The number of rotatable bonds is 4. The largest absolute Gasteiger partial charge is 0.374 e. The number of anilines is 1. The van der Waals surface area contributed by atoms with E-state index in [0.717, 1.165) is 3.57 Å². The molecular formula is C10H11IN2O2. The van der Waals surface area contributed by atoms with Crippen molar-refractivity contribution in [3.8, 4) is 0 Å². The highest BCUT2D eigenvalue weighted by atomic mass is 127. The van der Waals surface area contributed by atoms with Crippen LogP contribution in [0.4, 0.5) is 11.4 Å². The molecule has 0 bridgehead atoms. The maximum absolute atomic E-state index is 10.8. The minimum atomic E-state index is -0.389. The van der Waals surface area contributed by atoms with Gasteiger partial charge in [-0.25, -0.2) is 0 Å². The maximum Gasteiger partial charge on any atom is 0.293 e. The number of nitro benzene ring substituents is 1. The van der Waals surface area contributed by atoms with E-state index in [1.165, 1.54) is 0 Å². The third-order valence-electron chi connectivity index (χ3n) is 1.89. The van der Waals surface area contributed by atoms with Crippen molar-refractivity contribution < 1.29 is 4.92 Å². The fraction of sp³-hybridized carbons (Fsp3) is 0.200. The Bertz CT molecular complexity index is 393. The first kappa shape index (κ1) is 12.0. The highest BCUT2D eigenvalue weighted by Gasteiger charge is 2.14. The first-order valence-electron chi connectivity index (χ1n) is 4.37. The highest BCUT2D eigenvalue weighted by Crippen LogP contribution is 2.26. The van der Waals surface area contributed by atoms with Crippen molar-refractivity contribution >= 4 is 34.0 Å². The number of halogens is 1. The van der Waals surface area contributed by atoms with Crippen LogP contribution in [-0.4, -0.2) is 11.0 Å². The molecule has 80 valence electrons. The van der Waals surface area contributed by atoms with Crippen molar-refractivity contribution in [2.45, 2.75) is 13.0 Å². The van der Waals surface area contributed by atoms with Gasteiger partial charge in [-0.2, -0.15) is 0 Å². The van der Waals surface area contributed by atoms with Gasteiger partial charge in [-0.1, -0.05) is 6.08 Å². The summed E-state index contributed by atoms with van der Waals surface area (Å²) in [4.78, 5) is 10.4. The standard InChI is InChI=1S/C10H11IN2O2/c1-3-7(2)12-9-5-4-8(11)6-10(9)13(14)15/h3-7,12H,1H2,2H3. The van der Waals surface area contributed by atoms with Crippen molar-refractivity contribution in [1.82, 2.24) is 0 Å². The minimum Gasteiger partial charge on any atom is -0.374 e. The molecule has 0 aliphatic carbocycles. The molecule has 4 nitrogen and oxygen atoms in total. The molecule has 5 heteroatoms. The summed E-state index contributed by atoms with van der Waals surface area (Å²) in [5.74, 6) is 0. The molecule has 1 N–H and O–H groups in total. The molecule has 1 atom stereocenters. The lowest BCUT2D eigenvalue weighted by molar-refractivity contribution is -0.384. The van der Waals surface area contributed by atoms with Gasteiger partial charge in [-0.15, -0.1) is 6.58 Å². The quantitative estimate of drug-likeness (QED) is 0.401. The minimum absolute atomic E-state index is 0.00348. The lowest BCUT2D eigenvalue weighted by Crippen LogP contribution is -2.12. The topological polar surface area (TPSA) is 55.2 Å². The predicted octanol–water partition coefficient (Wildman–Crippen LogP) is 3.19. The van der Waals surface area contributed by atoms with Crippen LogP contribution >= 0.6 is 22.6 Å². The van der Waals surface area contributed by atoms with Gasteiger partial charge in [-0.05, 0) is 41.6 Å². The zero-order valence-electron chi connectivity index (χ0n) is 8.24. The Kier molecular flexibility index (Phi) is 4.07. The van der Waals surface area contributed by atoms with E-state index >= 15 is 0 Å². The third kappa shape index (κ3) is 3.19. The van der Waals surface area contributed by atoms with E-state index in [2.05, 4.69) is 11.9 Å². The van der Waals surface area contributed by atoms with Crippen LogP contribution in [0.1, 0.15) is 6.92 Å². The Balaban J connectivity index is 3.05. The van der Waals surface area contributed by atoms with Crippen molar-refractivity contribution in [3.63, 3.8) is 0 Å². The van der Waals surface area contributed by atoms with Gasteiger partial charge >= 0.3 is 0 Å². The molecule has 15 heavy (non-hydrogen) atoms. The molecule has 1 unspecified atom stereocenters. The lowest BCUT2D eigenvalue weighted by Gasteiger charge is -2.10. The molecule has 0 aliphatic heterocycles.